The molecule has 8 heteroatoms. The second-order valence-electron chi connectivity index (χ2n) is 5.18. The molecule has 23 heavy (non-hydrogen) atoms. The summed E-state index contributed by atoms with van der Waals surface area (Å²) >= 11 is 1.80. The van der Waals surface area contributed by atoms with E-state index in [4.69, 9.17) is 0 Å². The van der Waals surface area contributed by atoms with E-state index in [1.165, 1.54) is 20.3 Å². The molecule has 0 unspecified atom stereocenters. The first-order valence-electron chi connectivity index (χ1n) is 7.87. The maximum Gasteiger partial charge on any atom is 0.211 e. The summed E-state index contributed by atoms with van der Waals surface area (Å²) < 4.78 is 24.5. The third kappa shape index (κ3) is 7.32. The van der Waals surface area contributed by atoms with E-state index < -0.39 is 10.0 Å². The summed E-state index contributed by atoms with van der Waals surface area (Å²) in [4.78, 5) is 6.84. The van der Waals surface area contributed by atoms with Crippen LogP contribution in [-0.2, 0) is 23.0 Å². The Bertz CT molecular complexity index is 596. The SMILES string of the molecule is CCc1ccc(CNC(=NC)NCCCN(CC)S(C)(=O)=O)s1. The van der Waals surface area contributed by atoms with Crippen LogP contribution in [0.15, 0.2) is 17.1 Å². The second-order valence-corrected chi connectivity index (χ2v) is 8.42. The molecule has 1 rings (SSSR count). The number of guanidine groups is 1. The molecule has 0 amide bonds. The van der Waals surface area contributed by atoms with Crippen LogP contribution in [-0.4, -0.2) is 51.6 Å². The zero-order chi connectivity index (χ0) is 17.3. The molecule has 0 bridgehead atoms. The highest BCUT2D eigenvalue weighted by Gasteiger charge is 2.13. The average molecular weight is 361 g/mol. The number of nitrogens with zero attached hydrogens (tertiary/aromatic N) is 2. The normalized spacial score (nSPS) is 12.7. The Labute approximate surface area is 144 Å². The van der Waals surface area contributed by atoms with Crippen LogP contribution in [0.25, 0.3) is 0 Å². The van der Waals surface area contributed by atoms with Crippen molar-refractivity contribution >= 4 is 27.3 Å². The predicted octanol–water partition coefficient (Wildman–Crippen LogP) is 1.65. The van der Waals surface area contributed by atoms with E-state index in [1.807, 2.05) is 6.92 Å². The molecule has 0 aliphatic heterocycles. The fourth-order valence-corrected chi connectivity index (χ4v) is 3.95. The van der Waals surface area contributed by atoms with E-state index in [9.17, 15) is 8.42 Å². The van der Waals surface area contributed by atoms with Gasteiger partial charge >= 0.3 is 0 Å². The molecule has 0 aliphatic carbocycles. The Hall–Kier alpha value is -1.12. The second kappa shape index (κ2) is 9.89. The molecule has 0 spiro atoms. The van der Waals surface area contributed by atoms with Crippen LogP contribution in [0.2, 0.25) is 0 Å². The lowest BCUT2D eigenvalue weighted by atomic mass is 10.3. The molecule has 2 N–H and O–H groups in total. The van der Waals surface area contributed by atoms with E-state index in [1.54, 1.807) is 18.4 Å². The summed E-state index contributed by atoms with van der Waals surface area (Å²) in [5.41, 5.74) is 0. The lowest BCUT2D eigenvalue weighted by Gasteiger charge is -2.18. The topological polar surface area (TPSA) is 73.8 Å². The molecule has 1 aromatic heterocycles. The first kappa shape index (κ1) is 19.9. The van der Waals surface area contributed by atoms with Crippen molar-refractivity contribution in [2.45, 2.75) is 33.2 Å². The zero-order valence-corrected chi connectivity index (χ0v) is 16.1. The minimum Gasteiger partial charge on any atom is -0.356 e. The number of thiophene rings is 1. The van der Waals surface area contributed by atoms with E-state index in [2.05, 4.69) is 34.7 Å². The summed E-state index contributed by atoms with van der Waals surface area (Å²) in [7, 11) is -1.37. The predicted molar refractivity (Wildman–Crippen MR) is 98.6 cm³/mol. The van der Waals surface area contributed by atoms with Crippen molar-refractivity contribution in [3.63, 3.8) is 0 Å². The summed E-state index contributed by atoms with van der Waals surface area (Å²) in [6.45, 7) is 6.44. The van der Waals surface area contributed by atoms with Crippen LogP contribution < -0.4 is 10.6 Å². The largest absolute Gasteiger partial charge is 0.356 e. The third-order valence-electron chi connectivity index (χ3n) is 3.42. The molecule has 0 aromatic carbocycles. The quantitative estimate of drug-likeness (QED) is 0.399. The summed E-state index contributed by atoms with van der Waals surface area (Å²) in [5, 5.41) is 6.49. The molecule has 132 valence electrons. The molecular weight excluding hydrogens is 332 g/mol. The maximum absolute atomic E-state index is 11.5. The van der Waals surface area contributed by atoms with Crippen LogP contribution in [0.5, 0.6) is 0 Å². The van der Waals surface area contributed by atoms with Crippen LogP contribution >= 0.6 is 11.3 Å². The lowest BCUT2D eigenvalue weighted by Crippen LogP contribution is -2.39. The smallest absolute Gasteiger partial charge is 0.211 e. The molecule has 6 nitrogen and oxygen atoms in total. The molecule has 1 aromatic rings. The van der Waals surface area contributed by atoms with Crippen molar-refractivity contribution in [3.8, 4) is 0 Å². The Morgan fingerprint density at radius 2 is 1.96 bits per heavy atom. The number of sulfonamides is 1. The standard InChI is InChI=1S/C15H28N4O2S2/c1-5-13-8-9-14(22-13)12-18-15(16-3)17-10-7-11-19(6-2)23(4,20)21/h8-9H,5-7,10-12H2,1-4H3,(H2,16,17,18). The number of rotatable bonds is 9. The van der Waals surface area contributed by atoms with E-state index in [0.29, 0.717) is 19.6 Å². The van der Waals surface area contributed by atoms with Crippen molar-refractivity contribution in [1.29, 1.82) is 0 Å². The molecule has 1 heterocycles. The van der Waals surface area contributed by atoms with Crippen molar-refractivity contribution in [2.24, 2.45) is 4.99 Å². The van der Waals surface area contributed by atoms with Crippen molar-refractivity contribution in [1.82, 2.24) is 14.9 Å². The van der Waals surface area contributed by atoms with Gasteiger partial charge in [0.15, 0.2) is 5.96 Å². The van der Waals surface area contributed by atoms with Gasteiger partial charge in [-0.3, -0.25) is 4.99 Å². The first-order valence-corrected chi connectivity index (χ1v) is 10.5. The monoisotopic (exact) mass is 360 g/mol. The Kier molecular flexibility index (Phi) is 8.57. The number of aryl methyl sites for hydroxylation is 1. The van der Waals surface area contributed by atoms with Gasteiger partial charge in [-0.25, -0.2) is 12.7 Å². The summed E-state index contributed by atoms with van der Waals surface area (Å²) in [6, 6.07) is 4.29. The van der Waals surface area contributed by atoms with Gasteiger partial charge in [0.05, 0.1) is 12.8 Å². The molecule has 0 atom stereocenters. The lowest BCUT2D eigenvalue weighted by molar-refractivity contribution is 0.424. The van der Waals surface area contributed by atoms with Crippen LogP contribution in [0.3, 0.4) is 0 Å². The van der Waals surface area contributed by atoms with Gasteiger partial charge in [-0.15, -0.1) is 11.3 Å². The van der Waals surface area contributed by atoms with Gasteiger partial charge in [-0.1, -0.05) is 13.8 Å². The van der Waals surface area contributed by atoms with E-state index >= 15 is 0 Å². The zero-order valence-electron chi connectivity index (χ0n) is 14.4. The Morgan fingerprint density at radius 3 is 2.48 bits per heavy atom. The van der Waals surface area contributed by atoms with Gasteiger partial charge in [0.25, 0.3) is 0 Å². The fourth-order valence-electron chi connectivity index (χ4n) is 2.12. The minimum atomic E-state index is -3.11. The number of nitrogens with one attached hydrogen (secondary N) is 2. The molecule has 0 aliphatic rings. The number of aliphatic imine (C=N–C) groups is 1. The molecule has 0 fully saturated rings. The van der Waals surface area contributed by atoms with Crippen molar-refractivity contribution in [3.05, 3.63) is 21.9 Å². The summed E-state index contributed by atoms with van der Waals surface area (Å²) in [5.74, 6) is 0.735. The van der Waals surface area contributed by atoms with Gasteiger partial charge in [-0.05, 0) is 25.0 Å². The van der Waals surface area contributed by atoms with Gasteiger partial charge in [0, 0.05) is 36.4 Å². The minimum absolute atomic E-state index is 0.504. The van der Waals surface area contributed by atoms with Crippen LogP contribution in [0, 0.1) is 0 Å². The van der Waals surface area contributed by atoms with Gasteiger partial charge in [0.2, 0.25) is 10.0 Å². The Balaban J connectivity index is 2.31. The highest BCUT2D eigenvalue weighted by atomic mass is 32.2. The first-order chi connectivity index (χ1) is 10.9. The summed E-state index contributed by atoms with van der Waals surface area (Å²) in [6.07, 6.45) is 3.04. The van der Waals surface area contributed by atoms with Crippen molar-refractivity contribution < 1.29 is 8.42 Å². The number of hydrogen-bond acceptors (Lipinski definition) is 4. The number of hydrogen-bond donors (Lipinski definition) is 2. The third-order valence-corrected chi connectivity index (χ3v) is 6.03. The van der Waals surface area contributed by atoms with Gasteiger partial charge in [0.1, 0.15) is 0 Å². The van der Waals surface area contributed by atoms with Gasteiger partial charge < -0.3 is 10.6 Å². The highest BCUT2D eigenvalue weighted by molar-refractivity contribution is 7.88. The molecular formula is C15H28N4O2S2. The van der Waals surface area contributed by atoms with Crippen LogP contribution in [0.4, 0.5) is 0 Å². The van der Waals surface area contributed by atoms with E-state index in [0.717, 1.165) is 25.3 Å². The van der Waals surface area contributed by atoms with Crippen LogP contribution in [0.1, 0.15) is 30.0 Å². The molecule has 0 saturated heterocycles. The maximum atomic E-state index is 11.5. The fraction of sp³-hybridized carbons (Fsp3) is 0.667. The van der Waals surface area contributed by atoms with Crippen molar-refractivity contribution in [2.75, 3.05) is 32.9 Å². The van der Waals surface area contributed by atoms with Gasteiger partial charge in [-0.2, -0.15) is 0 Å². The molecule has 0 radical (unpaired) electrons. The highest BCUT2D eigenvalue weighted by Crippen LogP contribution is 2.16. The Morgan fingerprint density at radius 1 is 1.26 bits per heavy atom. The average Bonchev–Trinajstić information content (AvgIpc) is 2.97. The van der Waals surface area contributed by atoms with E-state index in [-0.39, 0.29) is 0 Å². The molecule has 0 saturated carbocycles.